The van der Waals surface area contributed by atoms with Crippen molar-refractivity contribution < 1.29 is 9.53 Å². The number of rotatable bonds is 2. The van der Waals surface area contributed by atoms with Gasteiger partial charge in [0.05, 0.1) is 24.4 Å². The third-order valence-electron chi connectivity index (χ3n) is 4.06. The average molecular weight is 316 g/mol. The number of esters is 1. The summed E-state index contributed by atoms with van der Waals surface area (Å²) in [6.07, 6.45) is 1.10. The van der Waals surface area contributed by atoms with E-state index in [1.54, 1.807) is 11.8 Å². The van der Waals surface area contributed by atoms with Crippen LogP contribution >= 0.6 is 11.8 Å². The smallest absolute Gasteiger partial charge is 0.338 e. The fraction of sp³-hybridized carbons (Fsp3) is 0.412. The van der Waals surface area contributed by atoms with Crippen LogP contribution in [-0.4, -0.2) is 35.4 Å². The predicted octanol–water partition coefficient (Wildman–Crippen LogP) is 3.29. The molecule has 3 rings (SSSR count). The molecule has 1 fully saturated rings. The van der Waals surface area contributed by atoms with Crippen molar-refractivity contribution in [3.63, 3.8) is 0 Å². The van der Waals surface area contributed by atoms with Crippen molar-refractivity contribution in [1.29, 1.82) is 0 Å². The van der Waals surface area contributed by atoms with E-state index >= 15 is 0 Å². The van der Waals surface area contributed by atoms with Crippen LogP contribution in [0.1, 0.15) is 30.5 Å². The molecule has 2 aliphatic heterocycles. The Labute approximate surface area is 135 Å². The minimum atomic E-state index is -0.290. The summed E-state index contributed by atoms with van der Waals surface area (Å²) in [6.45, 7) is 4.88. The minimum absolute atomic E-state index is 0.103. The van der Waals surface area contributed by atoms with Gasteiger partial charge in [-0.1, -0.05) is 41.6 Å². The van der Waals surface area contributed by atoms with Crippen molar-refractivity contribution >= 4 is 22.9 Å². The van der Waals surface area contributed by atoms with E-state index in [4.69, 9.17) is 4.74 Å². The summed E-state index contributed by atoms with van der Waals surface area (Å²) in [5.41, 5.74) is 3.73. The zero-order chi connectivity index (χ0) is 15.7. The first kappa shape index (κ1) is 15.2. The van der Waals surface area contributed by atoms with Gasteiger partial charge in [-0.05, 0) is 25.8 Å². The molecular weight excluding hydrogens is 296 g/mol. The van der Waals surface area contributed by atoms with Gasteiger partial charge < -0.3 is 9.64 Å². The fourth-order valence-electron chi connectivity index (χ4n) is 2.93. The van der Waals surface area contributed by atoms with Crippen molar-refractivity contribution in [2.24, 2.45) is 4.99 Å². The summed E-state index contributed by atoms with van der Waals surface area (Å²) in [5, 5.41) is 1.02. The number of thioether (sulfide) groups is 1. The number of nitrogens with zero attached hydrogens (tertiary/aromatic N) is 2. The highest BCUT2D eigenvalue weighted by molar-refractivity contribution is 8.13. The highest BCUT2D eigenvalue weighted by Crippen LogP contribution is 2.39. The molecule has 2 heterocycles. The molecule has 116 valence electrons. The van der Waals surface area contributed by atoms with Crippen molar-refractivity contribution in [3.05, 3.63) is 46.7 Å². The largest absolute Gasteiger partial charge is 0.466 e. The second-order valence-corrected chi connectivity index (χ2v) is 6.66. The molecule has 0 radical (unpaired) electrons. The quantitative estimate of drug-likeness (QED) is 0.785. The van der Waals surface area contributed by atoms with Crippen molar-refractivity contribution in [2.45, 2.75) is 26.3 Å². The zero-order valence-corrected chi connectivity index (χ0v) is 13.9. The maximum absolute atomic E-state index is 12.3. The van der Waals surface area contributed by atoms with Crippen LogP contribution < -0.4 is 0 Å². The molecule has 0 N–H and O–H groups in total. The number of allylic oxidation sites excluding steroid dienone is 1. The van der Waals surface area contributed by atoms with Crippen LogP contribution in [0.3, 0.4) is 0 Å². The average Bonchev–Trinajstić information content (AvgIpc) is 2.54. The first-order valence-electron chi connectivity index (χ1n) is 7.45. The molecule has 0 aliphatic carbocycles. The molecule has 0 aromatic heterocycles. The Bertz CT molecular complexity index is 649. The van der Waals surface area contributed by atoms with Gasteiger partial charge in [0, 0.05) is 12.3 Å². The van der Waals surface area contributed by atoms with Gasteiger partial charge in [-0.25, -0.2) is 9.79 Å². The molecule has 0 unspecified atom stereocenters. The molecule has 0 amide bonds. The van der Waals surface area contributed by atoms with Crippen molar-refractivity contribution in [1.82, 2.24) is 4.90 Å². The third-order valence-corrected chi connectivity index (χ3v) is 5.13. The normalized spacial score (nSPS) is 21.3. The Balaban J connectivity index is 2.11. The number of aryl methyl sites for hydroxylation is 1. The lowest BCUT2D eigenvalue weighted by Gasteiger charge is -2.40. The Morgan fingerprint density at radius 2 is 2.05 bits per heavy atom. The summed E-state index contributed by atoms with van der Waals surface area (Å²) < 4.78 is 5.02. The molecule has 1 saturated heterocycles. The molecule has 2 aliphatic rings. The van der Waals surface area contributed by atoms with E-state index in [2.05, 4.69) is 41.1 Å². The highest BCUT2D eigenvalue weighted by Gasteiger charge is 2.37. The molecule has 0 spiro atoms. The van der Waals surface area contributed by atoms with E-state index in [-0.39, 0.29) is 12.0 Å². The number of hydrogen-bond acceptors (Lipinski definition) is 5. The number of carbonyl (C=O) groups is 1. The summed E-state index contributed by atoms with van der Waals surface area (Å²) in [6, 6.07) is 8.26. The maximum Gasteiger partial charge on any atom is 0.338 e. The lowest BCUT2D eigenvalue weighted by Crippen LogP contribution is -2.42. The van der Waals surface area contributed by atoms with E-state index in [0.717, 1.165) is 35.1 Å². The van der Waals surface area contributed by atoms with Crippen LogP contribution in [0.15, 0.2) is 40.5 Å². The lowest BCUT2D eigenvalue weighted by atomic mass is 9.94. The number of aliphatic imine (C=N–C) groups is 1. The highest BCUT2D eigenvalue weighted by atomic mass is 32.2. The lowest BCUT2D eigenvalue weighted by molar-refractivity contribution is -0.136. The van der Waals surface area contributed by atoms with Gasteiger partial charge in [0.25, 0.3) is 0 Å². The van der Waals surface area contributed by atoms with Gasteiger partial charge in [-0.2, -0.15) is 0 Å². The number of methoxy groups -OCH3 is 1. The Morgan fingerprint density at radius 1 is 1.32 bits per heavy atom. The Kier molecular flexibility index (Phi) is 4.25. The second kappa shape index (κ2) is 6.16. The van der Waals surface area contributed by atoms with Gasteiger partial charge in [-0.15, -0.1) is 0 Å². The van der Waals surface area contributed by atoms with Crippen LogP contribution in [0.25, 0.3) is 0 Å². The number of hydrogen-bond donors (Lipinski definition) is 0. The van der Waals surface area contributed by atoms with Gasteiger partial charge in [0.1, 0.15) is 0 Å². The van der Waals surface area contributed by atoms with Crippen LogP contribution in [0.4, 0.5) is 0 Å². The number of ether oxygens (including phenoxy) is 1. The number of fused-ring (bicyclic) bond motifs is 1. The zero-order valence-electron chi connectivity index (χ0n) is 13.1. The van der Waals surface area contributed by atoms with Crippen LogP contribution in [0, 0.1) is 6.92 Å². The standard InChI is InChI=1S/C17H20N2O2S/c1-11-5-7-13(8-6-11)15-14(16(20)21-3)12(2)18-17-19(15)9-4-10-22-17/h5-8,15H,4,9-10H2,1-3H3/t15-/m1/s1. The Morgan fingerprint density at radius 3 is 2.73 bits per heavy atom. The maximum atomic E-state index is 12.3. The van der Waals surface area contributed by atoms with E-state index in [1.807, 2.05) is 6.92 Å². The van der Waals surface area contributed by atoms with E-state index in [9.17, 15) is 4.79 Å². The van der Waals surface area contributed by atoms with Crippen LogP contribution in [0.5, 0.6) is 0 Å². The SMILES string of the molecule is COC(=O)C1=C(C)N=C2SCCCN2[C@@H]1c1ccc(C)cc1. The molecule has 4 nitrogen and oxygen atoms in total. The monoisotopic (exact) mass is 316 g/mol. The predicted molar refractivity (Wildman–Crippen MR) is 89.9 cm³/mol. The summed E-state index contributed by atoms with van der Waals surface area (Å²) >= 11 is 1.76. The van der Waals surface area contributed by atoms with Crippen LogP contribution in [-0.2, 0) is 9.53 Å². The van der Waals surface area contributed by atoms with Crippen molar-refractivity contribution in [3.8, 4) is 0 Å². The molecule has 1 aromatic carbocycles. The molecular formula is C17H20N2O2S. The molecule has 0 saturated carbocycles. The first-order chi connectivity index (χ1) is 10.6. The minimum Gasteiger partial charge on any atom is -0.466 e. The van der Waals surface area contributed by atoms with Gasteiger partial charge in [0.15, 0.2) is 5.17 Å². The van der Waals surface area contributed by atoms with Crippen molar-refractivity contribution in [2.75, 3.05) is 19.4 Å². The molecule has 1 atom stereocenters. The third kappa shape index (κ3) is 2.65. The van der Waals surface area contributed by atoms with Gasteiger partial charge >= 0.3 is 5.97 Å². The molecule has 1 aromatic rings. The van der Waals surface area contributed by atoms with E-state index in [1.165, 1.54) is 12.7 Å². The van der Waals surface area contributed by atoms with Gasteiger partial charge in [0.2, 0.25) is 0 Å². The number of carbonyl (C=O) groups excluding carboxylic acids is 1. The summed E-state index contributed by atoms with van der Waals surface area (Å²) in [7, 11) is 1.43. The Hall–Kier alpha value is -1.75. The fourth-order valence-corrected chi connectivity index (χ4v) is 3.95. The van der Waals surface area contributed by atoms with E-state index in [0.29, 0.717) is 5.57 Å². The number of benzene rings is 1. The van der Waals surface area contributed by atoms with Crippen LogP contribution in [0.2, 0.25) is 0 Å². The van der Waals surface area contributed by atoms with Gasteiger partial charge in [-0.3, -0.25) is 0 Å². The molecule has 0 bridgehead atoms. The second-order valence-electron chi connectivity index (χ2n) is 5.59. The summed E-state index contributed by atoms with van der Waals surface area (Å²) in [5.74, 6) is 0.790. The molecule has 22 heavy (non-hydrogen) atoms. The summed E-state index contributed by atoms with van der Waals surface area (Å²) in [4.78, 5) is 19.2. The topological polar surface area (TPSA) is 41.9 Å². The number of amidine groups is 1. The van der Waals surface area contributed by atoms with E-state index < -0.39 is 0 Å². The molecule has 5 heteroatoms. The first-order valence-corrected chi connectivity index (χ1v) is 8.44.